The minimum absolute atomic E-state index is 0.232. The average molecular weight is 326 g/mol. The fourth-order valence-corrected chi connectivity index (χ4v) is 4.33. The van der Waals surface area contributed by atoms with Gasteiger partial charge in [0.1, 0.15) is 17.6 Å². The number of nitriles is 1. The number of aromatic amines is 1. The van der Waals surface area contributed by atoms with Gasteiger partial charge in [-0.1, -0.05) is 0 Å². The Bertz CT molecular complexity index is 1020. The summed E-state index contributed by atoms with van der Waals surface area (Å²) in [4.78, 5) is 3.01. The molecule has 4 rings (SSSR count). The first kappa shape index (κ1) is 13.1. The smallest absolute Gasteiger partial charge is 0.191 e. The van der Waals surface area contributed by atoms with Crippen molar-refractivity contribution in [1.82, 2.24) is 15.4 Å². The molecule has 0 aliphatic rings. The maximum absolute atomic E-state index is 13.3. The summed E-state index contributed by atoms with van der Waals surface area (Å²) in [7, 11) is 0. The Kier molecular flexibility index (Phi) is 2.99. The minimum atomic E-state index is -0.232. The molecule has 0 aliphatic carbocycles. The van der Waals surface area contributed by atoms with E-state index in [1.807, 2.05) is 24.3 Å². The number of nitrogens with one attached hydrogen (secondary N) is 1. The van der Waals surface area contributed by atoms with E-state index in [9.17, 15) is 4.39 Å². The predicted octanol–water partition coefficient (Wildman–Crippen LogP) is 4.43. The number of aromatic nitrogens is 3. The second kappa shape index (κ2) is 5.02. The standard InChI is InChI=1S/C15H7FN4S2/c16-9-1-2-11-8(5-9)6-14(21-11)12-3-4-13(22-12)15-10(7-17)18-20-19-15/h1-6H,(H,18,19,20). The number of thiophene rings is 2. The van der Waals surface area contributed by atoms with Crippen LogP contribution in [-0.4, -0.2) is 15.4 Å². The van der Waals surface area contributed by atoms with E-state index in [1.54, 1.807) is 17.4 Å². The molecule has 0 unspecified atom stereocenters. The second-order valence-electron chi connectivity index (χ2n) is 4.59. The fraction of sp³-hybridized carbons (Fsp3) is 0. The van der Waals surface area contributed by atoms with Crippen LogP contribution < -0.4 is 0 Å². The highest BCUT2D eigenvalue weighted by Crippen LogP contribution is 2.40. The van der Waals surface area contributed by atoms with Gasteiger partial charge in [0.05, 0.1) is 4.88 Å². The Morgan fingerprint density at radius 2 is 1.86 bits per heavy atom. The van der Waals surface area contributed by atoms with Gasteiger partial charge in [0.25, 0.3) is 0 Å². The molecule has 7 heteroatoms. The van der Waals surface area contributed by atoms with Gasteiger partial charge in [0.15, 0.2) is 5.69 Å². The normalized spacial score (nSPS) is 10.9. The van der Waals surface area contributed by atoms with Crippen LogP contribution in [0.4, 0.5) is 4.39 Å². The van der Waals surface area contributed by atoms with E-state index in [4.69, 9.17) is 5.26 Å². The molecule has 0 fully saturated rings. The van der Waals surface area contributed by atoms with E-state index in [2.05, 4.69) is 15.4 Å². The SMILES string of the molecule is N#Cc1n[nH]nc1-c1ccc(-c2cc3cc(F)ccc3s2)s1. The van der Waals surface area contributed by atoms with E-state index in [1.165, 1.54) is 23.5 Å². The molecule has 4 aromatic rings. The van der Waals surface area contributed by atoms with Crippen molar-refractivity contribution in [2.45, 2.75) is 0 Å². The molecule has 0 saturated carbocycles. The van der Waals surface area contributed by atoms with E-state index in [0.29, 0.717) is 5.69 Å². The van der Waals surface area contributed by atoms with Gasteiger partial charge in [-0.2, -0.15) is 15.6 Å². The van der Waals surface area contributed by atoms with Crippen molar-refractivity contribution in [3.8, 4) is 26.4 Å². The van der Waals surface area contributed by atoms with Crippen LogP contribution in [-0.2, 0) is 0 Å². The molecule has 0 amide bonds. The minimum Gasteiger partial charge on any atom is -0.207 e. The van der Waals surface area contributed by atoms with E-state index in [0.717, 1.165) is 24.7 Å². The zero-order chi connectivity index (χ0) is 15.1. The van der Waals surface area contributed by atoms with Gasteiger partial charge in [-0.25, -0.2) is 4.39 Å². The topological polar surface area (TPSA) is 65.4 Å². The van der Waals surface area contributed by atoms with Crippen molar-refractivity contribution < 1.29 is 4.39 Å². The van der Waals surface area contributed by atoms with Gasteiger partial charge in [-0.05, 0) is 41.8 Å². The molecule has 0 atom stereocenters. The quantitative estimate of drug-likeness (QED) is 0.593. The van der Waals surface area contributed by atoms with Crippen LogP contribution >= 0.6 is 22.7 Å². The first-order valence-corrected chi connectivity index (χ1v) is 7.98. The summed E-state index contributed by atoms with van der Waals surface area (Å²) >= 11 is 3.15. The molecule has 0 spiro atoms. The maximum atomic E-state index is 13.3. The average Bonchev–Trinajstić information content (AvgIpc) is 3.24. The van der Waals surface area contributed by atoms with Crippen molar-refractivity contribution >= 4 is 32.8 Å². The van der Waals surface area contributed by atoms with Crippen molar-refractivity contribution in [3.05, 3.63) is 47.9 Å². The van der Waals surface area contributed by atoms with Gasteiger partial charge in [-0.15, -0.1) is 27.8 Å². The lowest BCUT2D eigenvalue weighted by Gasteiger charge is -1.89. The monoisotopic (exact) mass is 326 g/mol. The first-order valence-electron chi connectivity index (χ1n) is 6.35. The second-order valence-corrected chi connectivity index (χ2v) is 6.76. The lowest BCUT2D eigenvalue weighted by Crippen LogP contribution is -1.77. The highest BCUT2D eigenvalue weighted by Gasteiger charge is 2.14. The third-order valence-electron chi connectivity index (χ3n) is 3.21. The largest absolute Gasteiger partial charge is 0.207 e. The fourth-order valence-electron chi connectivity index (χ4n) is 2.21. The molecule has 106 valence electrons. The Balaban J connectivity index is 1.78. The lowest BCUT2D eigenvalue weighted by molar-refractivity contribution is 0.630. The van der Waals surface area contributed by atoms with Crippen LogP contribution in [0.25, 0.3) is 30.4 Å². The Morgan fingerprint density at radius 3 is 2.73 bits per heavy atom. The molecular formula is C15H7FN4S2. The summed E-state index contributed by atoms with van der Waals surface area (Å²) in [5, 5.41) is 20.2. The summed E-state index contributed by atoms with van der Waals surface area (Å²) in [5.41, 5.74) is 0.845. The van der Waals surface area contributed by atoms with Crippen molar-refractivity contribution in [3.63, 3.8) is 0 Å². The molecule has 0 saturated heterocycles. The number of hydrogen-bond donors (Lipinski definition) is 1. The molecule has 1 N–H and O–H groups in total. The highest BCUT2D eigenvalue weighted by molar-refractivity contribution is 7.27. The van der Waals surface area contributed by atoms with Crippen LogP contribution in [0.2, 0.25) is 0 Å². The predicted molar refractivity (Wildman–Crippen MR) is 85.2 cm³/mol. The number of rotatable bonds is 2. The van der Waals surface area contributed by atoms with Crippen LogP contribution in [0.1, 0.15) is 5.69 Å². The molecule has 4 nitrogen and oxygen atoms in total. The van der Waals surface area contributed by atoms with E-state index >= 15 is 0 Å². The van der Waals surface area contributed by atoms with E-state index in [-0.39, 0.29) is 11.5 Å². The molecule has 22 heavy (non-hydrogen) atoms. The number of benzene rings is 1. The van der Waals surface area contributed by atoms with Crippen molar-refractivity contribution in [1.29, 1.82) is 5.26 Å². The summed E-state index contributed by atoms with van der Waals surface area (Å²) in [6.07, 6.45) is 0. The van der Waals surface area contributed by atoms with Gasteiger partial charge >= 0.3 is 0 Å². The third kappa shape index (κ3) is 2.09. The zero-order valence-corrected chi connectivity index (χ0v) is 12.6. The molecular weight excluding hydrogens is 319 g/mol. The summed E-state index contributed by atoms with van der Waals surface area (Å²) in [6, 6.07) is 12.7. The summed E-state index contributed by atoms with van der Waals surface area (Å²) < 4.78 is 14.3. The molecule has 0 radical (unpaired) electrons. The Hall–Kier alpha value is -2.56. The Labute approximate surface area is 132 Å². The maximum Gasteiger partial charge on any atom is 0.191 e. The number of nitrogens with zero attached hydrogens (tertiary/aromatic N) is 3. The molecule has 3 heterocycles. The highest BCUT2D eigenvalue weighted by atomic mass is 32.1. The summed E-state index contributed by atoms with van der Waals surface area (Å²) in [6.45, 7) is 0. The summed E-state index contributed by atoms with van der Waals surface area (Å²) in [5.74, 6) is -0.232. The van der Waals surface area contributed by atoms with Crippen LogP contribution in [0.15, 0.2) is 36.4 Å². The van der Waals surface area contributed by atoms with Gasteiger partial charge < -0.3 is 0 Å². The van der Waals surface area contributed by atoms with Crippen LogP contribution in [0.3, 0.4) is 0 Å². The Morgan fingerprint density at radius 1 is 1.00 bits per heavy atom. The molecule has 3 aromatic heterocycles. The van der Waals surface area contributed by atoms with Crippen molar-refractivity contribution in [2.24, 2.45) is 0 Å². The number of H-pyrrole nitrogens is 1. The van der Waals surface area contributed by atoms with Crippen LogP contribution in [0.5, 0.6) is 0 Å². The zero-order valence-electron chi connectivity index (χ0n) is 11.0. The van der Waals surface area contributed by atoms with Gasteiger partial charge in [-0.3, -0.25) is 0 Å². The number of fused-ring (bicyclic) bond motifs is 1. The number of halogens is 1. The lowest BCUT2D eigenvalue weighted by atomic mass is 10.2. The van der Waals surface area contributed by atoms with Crippen molar-refractivity contribution in [2.75, 3.05) is 0 Å². The first-order chi connectivity index (χ1) is 10.7. The van der Waals surface area contributed by atoms with E-state index < -0.39 is 0 Å². The third-order valence-corrected chi connectivity index (χ3v) is 5.62. The number of hydrogen-bond acceptors (Lipinski definition) is 5. The van der Waals surface area contributed by atoms with Gasteiger partial charge in [0, 0.05) is 14.5 Å². The molecule has 0 aliphatic heterocycles. The van der Waals surface area contributed by atoms with Gasteiger partial charge in [0.2, 0.25) is 0 Å². The molecule has 1 aromatic carbocycles. The molecule has 0 bridgehead atoms. The van der Waals surface area contributed by atoms with Crippen LogP contribution in [0, 0.1) is 17.1 Å².